The van der Waals surface area contributed by atoms with Crippen LogP contribution in [-0.2, 0) is 14.6 Å². The number of nitro benzene ring substituents is 1. The molecule has 138 valence electrons. The summed E-state index contributed by atoms with van der Waals surface area (Å²) in [5.41, 5.74) is 0.899. The Morgan fingerprint density at radius 3 is 2.42 bits per heavy atom. The first-order valence-electron chi connectivity index (χ1n) is 8.20. The van der Waals surface area contributed by atoms with Gasteiger partial charge in [0, 0.05) is 19.3 Å². The van der Waals surface area contributed by atoms with Crippen LogP contribution in [0.3, 0.4) is 0 Å². The van der Waals surface area contributed by atoms with E-state index < -0.39 is 14.8 Å². The smallest absolute Gasteiger partial charge is 0.311 e. The lowest BCUT2D eigenvalue weighted by Gasteiger charge is -2.38. The van der Waals surface area contributed by atoms with Gasteiger partial charge in [0.25, 0.3) is 0 Å². The fraction of sp³-hybridized carbons (Fsp3) is 0.333. The Bertz CT molecular complexity index is 914. The zero-order valence-electron chi connectivity index (χ0n) is 14.5. The van der Waals surface area contributed by atoms with Gasteiger partial charge >= 0.3 is 5.69 Å². The third-order valence-corrected chi connectivity index (χ3v) is 5.46. The predicted molar refractivity (Wildman–Crippen MR) is 98.1 cm³/mol. The quantitative estimate of drug-likeness (QED) is 0.602. The van der Waals surface area contributed by atoms with Gasteiger partial charge in [0.15, 0.2) is 9.84 Å². The third kappa shape index (κ3) is 3.71. The van der Waals surface area contributed by atoms with Gasteiger partial charge in [-0.05, 0) is 24.6 Å². The highest BCUT2D eigenvalue weighted by Crippen LogP contribution is 2.37. The van der Waals surface area contributed by atoms with Crippen LogP contribution in [0.25, 0.3) is 0 Å². The van der Waals surface area contributed by atoms with Gasteiger partial charge in [0.2, 0.25) is 0 Å². The van der Waals surface area contributed by atoms with Gasteiger partial charge in [-0.25, -0.2) is 8.42 Å². The summed E-state index contributed by atoms with van der Waals surface area (Å²) in [6.45, 7) is 2.74. The van der Waals surface area contributed by atoms with Crippen LogP contribution in [0.1, 0.15) is 18.6 Å². The predicted octanol–water partition coefficient (Wildman–Crippen LogP) is 2.96. The zero-order chi connectivity index (χ0) is 18.9. The highest BCUT2D eigenvalue weighted by atomic mass is 32.2. The van der Waals surface area contributed by atoms with Crippen LogP contribution in [0.5, 0.6) is 0 Å². The molecule has 0 aliphatic carbocycles. The van der Waals surface area contributed by atoms with Crippen LogP contribution in [-0.4, -0.2) is 38.8 Å². The summed E-state index contributed by atoms with van der Waals surface area (Å²) in [4.78, 5) is 12.6. The number of para-hydroxylation sites is 1. The summed E-state index contributed by atoms with van der Waals surface area (Å²) in [6, 6.07) is 14.0. The molecule has 1 fully saturated rings. The molecule has 0 radical (unpaired) electrons. The van der Waals surface area contributed by atoms with Crippen molar-refractivity contribution in [2.45, 2.75) is 24.0 Å². The summed E-state index contributed by atoms with van der Waals surface area (Å²) in [5, 5.41) is 11.6. The Kier molecular flexibility index (Phi) is 4.97. The van der Waals surface area contributed by atoms with Crippen molar-refractivity contribution >= 4 is 21.2 Å². The van der Waals surface area contributed by atoms with E-state index in [-0.39, 0.29) is 22.8 Å². The molecule has 26 heavy (non-hydrogen) atoms. The molecule has 0 aromatic heterocycles. The van der Waals surface area contributed by atoms with E-state index in [9.17, 15) is 18.5 Å². The third-order valence-electron chi connectivity index (χ3n) is 4.33. The Morgan fingerprint density at radius 1 is 1.12 bits per heavy atom. The average Bonchev–Trinajstić information content (AvgIpc) is 2.60. The second-order valence-electron chi connectivity index (χ2n) is 6.40. The van der Waals surface area contributed by atoms with Crippen molar-refractivity contribution in [2.24, 2.45) is 0 Å². The van der Waals surface area contributed by atoms with Crippen molar-refractivity contribution in [3.63, 3.8) is 0 Å². The van der Waals surface area contributed by atoms with Crippen LogP contribution in [0.4, 0.5) is 11.4 Å². The molecule has 1 aliphatic heterocycles. The number of sulfone groups is 1. The molecule has 3 rings (SSSR count). The Hall–Kier alpha value is -2.45. The highest BCUT2D eigenvalue weighted by Gasteiger charge is 2.33. The van der Waals surface area contributed by atoms with E-state index in [1.54, 1.807) is 6.07 Å². The van der Waals surface area contributed by atoms with Gasteiger partial charge in [-0.3, -0.25) is 10.1 Å². The van der Waals surface area contributed by atoms with Crippen molar-refractivity contribution in [1.82, 2.24) is 0 Å². The SMILES string of the molecule is CC1CN(c2cccc(S(C)(=O)=O)c2[N+](=O)[O-])CC(c2ccccc2)O1. The number of hydrogen-bond acceptors (Lipinski definition) is 6. The summed E-state index contributed by atoms with van der Waals surface area (Å²) in [7, 11) is -3.72. The van der Waals surface area contributed by atoms with Crippen molar-refractivity contribution < 1.29 is 18.1 Å². The van der Waals surface area contributed by atoms with Crippen molar-refractivity contribution in [3.05, 3.63) is 64.2 Å². The van der Waals surface area contributed by atoms with Gasteiger partial charge in [0.1, 0.15) is 16.7 Å². The molecule has 2 aromatic rings. The fourth-order valence-corrected chi connectivity index (χ4v) is 4.10. The molecule has 1 heterocycles. The largest absolute Gasteiger partial charge is 0.367 e. The molecule has 0 spiro atoms. The van der Waals surface area contributed by atoms with E-state index in [0.717, 1.165) is 11.8 Å². The van der Waals surface area contributed by atoms with E-state index in [1.165, 1.54) is 12.1 Å². The monoisotopic (exact) mass is 376 g/mol. The molecule has 8 heteroatoms. The van der Waals surface area contributed by atoms with Crippen molar-refractivity contribution in [1.29, 1.82) is 0 Å². The van der Waals surface area contributed by atoms with E-state index in [0.29, 0.717) is 18.8 Å². The van der Waals surface area contributed by atoms with Crippen LogP contribution >= 0.6 is 0 Å². The molecular weight excluding hydrogens is 356 g/mol. The molecule has 7 nitrogen and oxygen atoms in total. The van der Waals surface area contributed by atoms with Crippen LogP contribution in [0.2, 0.25) is 0 Å². The summed E-state index contributed by atoms with van der Waals surface area (Å²) in [5.74, 6) is 0. The molecule has 0 saturated carbocycles. The Balaban J connectivity index is 2.04. The summed E-state index contributed by atoms with van der Waals surface area (Å²) in [6.07, 6.45) is 0.574. The first kappa shape index (κ1) is 18.3. The number of nitro groups is 1. The van der Waals surface area contributed by atoms with Crippen LogP contribution in [0, 0.1) is 10.1 Å². The molecule has 0 amide bonds. The van der Waals surface area contributed by atoms with E-state index in [4.69, 9.17) is 4.74 Å². The lowest BCUT2D eigenvalue weighted by molar-refractivity contribution is -0.387. The molecule has 0 N–H and O–H groups in total. The van der Waals surface area contributed by atoms with Crippen molar-refractivity contribution in [3.8, 4) is 0 Å². The molecule has 1 aliphatic rings. The molecule has 2 aromatic carbocycles. The number of rotatable bonds is 4. The molecule has 0 bridgehead atoms. The fourth-order valence-electron chi connectivity index (χ4n) is 3.25. The van der Waals surface area contributed by atoms with Gasteiger partial charge < -0.3 is 9.64 Å². The van der Waals surface area contributed by atoms with E-state index in [1.807, 2.05) is 42.2 Å². The maximum absolute atomic E-state index is 12.0. The Labute approximate surface area is 152 Å². The maximum Gasteiger partial charge on any atom is 0.311 e. The number of nitrogens with zero attached hydrogens (tertiary/aromatic N) is 2. The standard InChI is InChI=1S/C18H20N2O5S/c1-13-11-19(12-16(25-13)14-7-4-3-5-8-14)15-9-6-10-17(26(2,23)24)18(15)20(21)22/h3-10,13,16H,11-12H2,1-2H3. The van der Waals surface area contributed by atoms with Gasteiger partial charge in [-0.2, -0.15) is 0 Å². The molecule has 2 unspecified atom stereocenters. The van der Waals surface area contributed by atoms with E-state index in [2.05, 4.69) is 0 Å². The maximum atomic E-state index is 12.0. The lowest BCUT2D eigenvalue weighted by Crippen LogP contribution is -2.43. The number of ether oxygens (including phenoxy) is 1. The summed E-state index contributed by atoms with van der Waals surface area (Å²) >= 11 is 0. The second-order valence-corrected chi connectivity index (χ2v) is 8.39. The first-order valence-corrected chi connectivity index (χ1v) is 10.1. The molecule has 1 saturated heterocycles. The molecule has 2 atom stereocenters. The van der Waals surface area contributed by atoms with Crippen molar-refractivity contribution in [2.75, 3.05) is 24.2 Å². The highest BCUT2D eigenvalue weighted by molar-refractivity contribution is 7.90. The average molecular weight is 376 g/mol. The number of anilines is 1. The second kappa shape index (κ2) is 7.05. The Morgan fingerprint density at radius 2 is 1.81 bits per heavy atom. The van der Waals surface area contributed by atoms with E-state index >= 15 is 0 Å². The number of morpholine rings is 1. The van der Waals surface area contributed by atoms with Crippen LogP contribution < -0.4 is 4.90 Å². The minimum absolute atomic E-state index is 0.157. The minimum atomic E-state index is -3.72. The van der Waals surface area contributed by atoms with Gasteiger partial charge in [-0.1, -0.05) is 36.4 Å². The molecular formula is C18H20N2O5S. The lowest BCUT2D eigenvalue weighted by atomic mass is 10.1. The van der Waals surface area contributed by atoms with Crippen LogP contribution in [0.15, 0.2) is 53.4 Å². The van der Waals surface area contributed by atoms with Gasteiger partial charge in [0.05, 0.1) is 11.0 Å². The normalized spacial score (nSPS) is 20.8. The van der Waals surface area contributed by atoms with Gasteiger partial charge in [-0.15, -0.1) is 0 Å². The summed E-state index contributed by atoms with van der Waals surface area (Å²) < 4.78 is 30.0. The number of hydrogen-bond donors (Lipinski definition) is 0. The minimum Gasteiger partial charge on any atom is -0.367 e. The first-order chi connectivity index (χ1) is 12.3. The zero-order valence-corrected chi connectivity index (χ0v) is 15.3. The topological polar surface area (TPSA) is 89.8 Å². The number of benzene rings is 2.